The van der Waals surface area contributed by atoms with E-state index in [9.17, 15) is 0 Å². The normalized spacial score (nSPS) is 9.68. The van der Waals surface area contributed by atoms with Gasteiger partial charge in [-0.1, -0.05) is 55.2 Å². The van der Waals surface area contributed by atoms with Crippen molar-refractivity contribution in [1.82, 2.24) is 0 Å². The molecule has 0 unspecified atom stereocenters. The monoisotopic (exact) mass is 363 g/mol. The van der Waals surface area contributed by atoms with Crippen LogP contribution in [0.25, 0.3) is 0 Å². The molecule has 1 nitrogen and oxygen atoms in total. The lowest BCUT2D eigenvalue weighted by Crippen LogP contribution is -2.09. The number of hydrogen-bond donors (Lipinski definition) is 0. The summed E-state index contributed by atoms with van der Waals surface area (Å²) in [6.45, 7) is 6.24. The summed E-state index contributed by atoms with van der Waals surface area (Å²) in [5.74, 6) is 12.6. The number of nitrogens with zero attached hydrogens (tertiary/aromatic N) is 1. The zero-order chi connectivity index (χ0) is 19.8. The van der Waals surface area contributed by atoms with E-state index in [1.165, 1.54) is 5.56 Å². The zero-order valence-corrected chi connectivity index (χ0v) is 16.8. The molecule has 0 spiro atoms. The van der Waals surface area contributed by atoms with Crippen LogP contribution in [0.1, 0.15) is 43.4 Å². The van der Waals surface area contributed by atoms with Gasteiger partial charge >= 0.3 is 0 Å². The molecule has 3 aromatic rings. The van der Waals surface area contributed by atoms with Gasteiger partial charge in [0.25, 0.3) is 0 Å². The SMILES string of the molecule is CCC#Cc1ccc(N(c2ccc(C)cc2)c2ccc(C#CCC)cc2)cc1. The minimum absolute atomic E-state index is 0.866. The van der Waals surface area contributed by atoms with E-state index in [2.05, 4.69) is 122 Å². The van der Waals surface area contributed by atoms with E-state index < -0.39 is 0 Å². The Kier molecular flexibility index (Phi) is 6.56. The van der Waals surface area contributed by atoms with Crippen LogP contribution >= 0.6 is 0 Å². The van der Waals surface area contributed by atoms with Crippen molar-refractivity contribution in [2.24, 2.45) is 0 Å². The first-order valence-electron chi connectivity index (χ1n) is 9.76. The Morgan fingerprint density at radius 3 is 1.29 bits per heavy atom. The maximum Gasteiger partial charge on any atom is 0.0462 e. The first-order chi connectivity index (χ1) is 13.7. The smallest absolute Gasteiger partial charge is 0.0462 e. The standard InChI is InChI=1S/C27H25N/c1-4-6-8-23-12-18-26(19-13-23)28(25-16-10-22(3)11-17-25)27-20-14-24(15-21-27)9-7-5-2/h10-21H,4-5H2,1-3H3. The van der Waals surface area contributed by atoms with Gasteiger partial charge in [0.2, 0.25) is 0 Å². The predicted molar refractivity (Wildman–Crippen MR) is 120 cm³/mol. The van der Waals surface area contributed by atoms with Gasteiger partial charge in [0.05, 0.1) is 0 Å². The fraction of sp³-hybridized carbons (Fsp3) is 0.185. The summed E-state index contributed by atoms with van der Waals surface area (Å²) in [4.78, 5) is 2.26. The Hall–Kier alpha value is -3.42. The molecular weight excluding hydrogens is 338 g/mol. The molecule has 0 aromatic heterocycles. The quantitative estimate of drug-likeness (QED) is 0.453. The Balaban J connectivity index is 2.01. The maximum absolute atomic E-state index is 3.19. The van der Waals surface area contributed by atoms with Gasteiger partial charge in [-0.3, -0.25) is 0 Å². The van der Waals surface area contributed by atoms with Crippen LogP contribution in [0.4, 0.5) is 17.1 Å². The number of benzene rings is 3. The third-order valence-corrected chi connectivity index (χ3v) is 4.36. The van der Waals surface area contributed by atoms with Crippen LogP contribution in [0.15, 0.2) is 72.8 Å². The lowest BCUT2D eigenvalue weighted by molar-refractivity contribution is 1.27. The van der Waals surface area contributed by atoms with Crippen molar-refractivity contribution >= 4 is 17.1 Å². The second-order valence-electron chi connectivity index (χ2n) is 6.58. The maximum atomic E-state index is 3.19. The van der Waals surface area contributed by atoms with E-state index >= 15 is 0 Å². The molecule has 3 aromatic carbocycles. The van der Waals surface area contributed by atoms with Gasteiger partial charge in [0, 0.05) is 41.0 Å². The molecular formula is C27H25N. The van der Waals surface area contributed by atoms with E-state index in [0.29, 0.717) is 0 Å². The zero-order valence-electron chi connectivity index (χ0n) is 16.8. The predicted octanol–water partition coefficient (Wildman–Crippen LogP) is 6.99. The highest BCUT2D eigenvalue weighted by Gasteiger charge is 2.12. The summed E-state index contributed by atoms with van der Waals surface area (Å²) in [5, 5.41) is 0. The van der Waals surface area contributed by atoms with E-state index in [1.54, 1.807) is 0 Å². The van der Waals surface area contributed by atoms with Gasteiger partial charge in [-0.15, -0.1) is 0 Å². The molecule has 0 bridgehead atoms. The van der Waals surface area contributed by atoms with E-state index in [-0.39, 0.29) is 0 Å². The summed E-state index contributed by atoms with van der Waals surface area (Å²) in [7, 11) is 0. The minimum Gasteiger partial charge on any atom is -0.311 e. The van der Waals surface area contributed by atoms with Gasteiger partial charge in [-0.25, -0.2) is 0 Å². The molecule has 0 aliphatic carbocycles. The summed E-state index contributed by atoms with van der Waals surface area (Å²) in [6.07, 6.45) is 1.73. The van der Waals surface area contributed by atoms with Crippen molar-refractivity contribution in [1.29, 1.82) is 0 Å². The molecule has 0 saturated heterocycles. The van der Waals surface area contributed by atoms with Gasteiger partial charge in [-0.2, -0.15) is 0 Å². The second-order valence-corrected chi connectivity index (χ2v) is 6.58. The molecule has 28 heavy (non-hydrogen) atoms. The van der Waals surface area contributed by atoms with Gasteiger partial charge in [-0.05, 0) is 67.6 Å². The van der Waals surface area contributed by atoms with Crippen molar-refractivity contribution in [2.75, 3.05) is 4.90 Å². The molecule has 0 fully saturated rings. The lowest BCUT2D eigenvalue weighted by Gasteiger charge is -2.25. The van der Waals surface area contributed by atoms with Crippen LogP contribution in [0.5, 0.6) is 0 Å². The first-order valence-corrected chi connectivity index (χ1v) is 9.76. The molecule has 0 N–H and O–H groups in total. The van der Waals surface area contributed by atoms with E-state index in [4.69, 9.17) is 0 Å². The van der Waals surface area contributed by atoms with Gasteiger partial charge in [0.15, 0.2) is 0 Å². The van der Waals surface area contributed by atoms with Crippen molar-refractivity contribution < 1.29 is 0 Å². The average molecular weight is 364 g/mol. The van der Waals surface area contributed by atoms with Crippen LogP contribution in [0.2, 0.25) is 0 Å². The van der Waals surface area contributed by atoms with Crippen LogP contribution in [0, 0.1) is 30.6 Å². The fourth-order valence-electron chi connectivity index (χ4n) is 2.91. The highest BCUT2D eigenvalue weighted by molar-refractivity contribution is 5.77. The van der Waals surface area contributed by atoms with Crippen LogP contribution < -0.4 is 4.90 Å². The van der Waals surface area contributed by atoms with Gasteiger partial charge in [0.1, 0.15) is 0 Å². The summed E-state index contributed by atoms with van der Waals surface area (Å²) in [5.41, 5.74) is 6.68. The molecule has 0 aliphatic rings. The Labute approximate surface area is 169 Å². The van der Waals surface area contributed by atoms with Crippen molar-refractivity contribution in [3.8, 4) is 23.7 Å². The molecule has 0 saturated carbocycles. The Morgan fingerprint density at radius 2 is 0.929 bits per heavy atom. The summed E-state index contributed by atoms with van der Waals surface area (Å²) in [6, 6.07) is 25.5. The highest BCUT2D eigenvalue weighted by atomic mass is 15.1. The molecule has 3 rings (SSSR count). The van der Waals surface area contributed by atoms with E-state index in [0.717, 1.165) is 41.0 Å². The lowest BCUT2D eigenvalue weighted by atomic mass is 10.1. The Bertz CT molecular complexity index is 953. The minimum atomic E-state index is 0.866. The van der Waals surface area contributed by atoms with Gasteiger partial charge < -0.3 is 4.90 Å². The Morgan fingerprint density at radius 1 is 0.571 bits per heavy atom. The summed E-state index contributed by atoms with van der Waals surface area (Å²) >= 11 is 0. The van der Waals surface area contributed by atoms with Crippen molar-refractivity contribution in [3.63, 3.8) is 0 Å². The molecule has 138 valence electrons. The molecule has 0 atom stereocenters. The van der Waals surface area contributed by atoms with Crippen molar-refractivity contribution in [3.05, 3.63) is 89.5 Å². The topological polar surface area (TPSA) is 3.24 Å². The molecule has 0 heterocycles. The van der Waals surface area contributed by atoms with Crippen LogP contribution in [-0.4, -0.2) is 0 Å². The molecule has 0 radical (unpaired) electrons. The molecule has 0 aliphatic heterocycles. The number of aryl methyl sites for hydroxylation is 1. The molecule has 0 amide bonds. The third kappa shape index (κ3) is 4.85. The highest BCUT2D eigenvalue weighted by Crippen LogP contribution is 2.34. The number of hydrogen-bond acceptors (Lipinski definition) is 1. The second kappa shape index (κ2) is 9.50. The fourth-order valence-corrected chi connectivity index (χ4v) is 2.91. The third-order valence-electron chi connectivity index (χ3n) is 4.36. The number of rotatable bonds is 3. The van der Waals surface area contributed by atoms with Crippen molar-refractivity contribution in [2.45, 2.75) is 33.6 Å². The number of anilines is 3. The average Bonchev–Trinajstić information content (AvgIpc) is 2.74. The largest absolute Gasteiger partial charge is 0.311 e. The summed E-state index contributed by atoms with van der Waals surface area (Å²) < 4.78 is 0. The van der Waals surface area contributed by atoms with Crippen LogP contribution in [0.3, 0.4) is 0 Å². The van der Waals surface area contributed by atoms with E-state index in [1.807, 2.05) is 0 Å². The van der Waals surface area contributed by atoms with Crippen LogP contribution in [-0.2, 0) is 0 Å². The first kappa shape index (κ1) is 19.3. The molecule has 1 heteroatoms.